The van der Waals surface area contributed by atoms with Gasteiger partial charge >= 0.3 is 12.5 Å². The Labute approximate surface area is 136 Å². The summed E-state index contributed by atoms with van der Waals surface area (Å²) >= 11 is 2.11. The SMILES string of the molecule is CCCOB(I)NCOP(=O)(CCOC(C)C)OCC. The second-order valence-electron chi connectivity index (χ2n) is 4.34. The second-order valence-corrected chi connectivity index (χ2v) is 7.65. The van der Waals surface area contributed by atoms with Gasteiger partial charge in [0.1, 0.15) is 0 Å². The molecule has 120 valence electrons. The maximum absolute atomic E-state index is 12.4. The van der Waals surface area contributed by atoms with E-state index < -0.39 is 7.60 Å². The predicted molar refractivity (Wildman–Crippen MR) is 90.3 cm³/mol. The molecule has 1 atom stereocenters. The lowest BCUT2D eigenvalue weighted by Gasteiger charge is -2.19. The van der Waals surface area contributed by atoms with Gasteiger partial charge in [0.15, 0.2) is 0 Å². The number of halogens is 1. The van der Waals surface area contributed by atoms with Crippen LogP contribution in [0, 0.1) is 0 Å². The average molecular weight is 421 g/mol. The molecular weight excluding hydrogens is 395 g/mol. The summed E-state index contributed by atoms with van der Waals surface area (Å²) in [6.07, 6.45) is 1.30. The zero-order valence-electron chi connectivity index (χ0n) is 12.8. The van der Waals surface area contributed by atoms with Crippen LogP contribution in [0.25, 0.3) is 0 Å². The molecule has 0 amide bonds. The molecule has 1 N–H and O–H groups in total. The molecule has 6 nitrogen and oxygen atoms in total. The predicted octanol–water partition coefficient (Wildman–Crippen LogP) is 3.05. The minimum Gasteiger partial charge on any atom is -0.413 e. The van der Waals surface area contributed by atoms with Gasteiger partial charge in [0.2, 0.25) is 0 Å². The van der Waals surface area contributed by atoms with Gasteiger partial charge in [-0.1, -0.05) is 29.3 Å². The van der Waals surface area contributed by atoms with E-state index in [9.17, 15) is 4.57 Å². The van der Waals surface area contributed by atoms with Crippen molar-refractivity contribution in [3.8, 4) is 0 Å². The number of hydrogen-bond donors (Lipinski definition) is 1. The van der Waals surface area contributed by atoms with Gasteiger partial charge in [-0.15, -0.1) is 0 Å². The molecule has 0 rings (SSSR count). The normalized spacial score (nSPS) is 14.5. The van der Waals surface area contributed by atoms with Gasteiger partial charge < -0.3 is 13.9 Å². The number of rotatable bonds is 13. The van der Waals surface area contributed by atoms with Gasteiger partial charge in [-0.05, 0) is 27.2 Å². The Morgan fingerprint density at radius 3 is 2.50 bits per heavy atom. The molecule has 0 fully saturated rings. The van der Waals surface area contributed by atoms with Gasteiger partial charge in [-0.25, -0.2) is 0 Å². The van der Waals surface area contributed by atoms with Crippen molar-refractivity contribution in [3.63, 3.8) is 0 Å². The molecule has 1 unspecified atom stereocenters. The van der Waals surface area contributed by atoms with E-state index in [1.807, 2.05) is 20.8 Å². The Hall–Kier alpha value is 0.825. The van der Waals surface area contributed by atoms with Gasteiger partial charge in [-0.2, -0.15) is 0 Å². The van der Waals surface area contributed by atoms with Crippen LogP contribution in [-0.2, 0) is 23.0 Å². The molecule has 0 aromatic carbocycles. The number of hydrogen-bond acceptors (Lipinski definition) is 6. The summed E-state index contributed by atoms with van der Waals surface area (Å²) in [5.41, 5.74) is 0. The maximum atomic E-state index is 12.4. The van der Waals surface area contributed by atoms with Crippen LogP contribution in [0.4, 0.5) is 0 Å². The molecule has 0 aliphatic rings. The fourth-order valence-corrected chi connectivity index (χ4v) is 3.01. The number of nitrogens with one attached hydrogen (secondary N) is 1. The molecule has 9 heteroatoms. The molecule has 0 saturated carbocycles. The monoisotopic (exact) mass is 421 g/mol. The molecular formula is C11H26BINO5P. The standard InChI is InChI=1S/C11H26BINO5P/c1-5-7-17-12(13)14-10-19-20(15,18-6-2)9-8-16-11(3)4/h11,14H,5-10H2,1-4H3. The fraction of sp³-hybridized carbons (Fsp3) is 1.00. The lowest BCUT2D eigenvalue weighted by molar-refractivity contribution is 0.0861. The fourth-order valence-electron chi connectivity index (χ4n) is 1.24. The van der Waals surface area contributed by atoms with E-state index in [1.165, 1.54) is 0 Å². The van der Waals surface area contributed by atoms with E-state index in [0.717, 1.165) is 6.42 Å². The Morgan fingerprint density at radius 2 is 1.95 bits per heavy atom. The third kappa shape index (κ3) is 11.5. The highest BCUT2D eigenvalue weighted by Crippen LogP contribution is 2.47. The van der Waals surface area contributed by atoms with E-state index in [1.54, 1.807) is 6.92 Å². The summed E-state index contributed by atoms with van der Waals surface area (Å²) in [6.45, 7) is 9.19. The number of ether oxygens (including phenoxy) is 1. The van der Waals surface area contributed by atoms with Crippen LogP contribution in [0.2, 0.25) is 0 Å². The van der Waals surface area contributed by atoms with Gasteiger partial charge in [-0.3, -0.25) is 14.3 Å². The highest BCUT2D eigenvalue weighted by atomic mass is 127. The Balaban J connectivity index is 4.02. The van der Waals surface area contributed by atoms with Crippen molar-refractivity contribution >= 4 is 34.9 Å². The lowest BCUT2D eigenvalue weighted by Crippen LogP contribution is -2.33. The molecule has 0 radical (unpaired) electrons. The summed E-state index contributed by atoms with van der Waals surface area (Å²) in [4.78, 5) is -0.172. The molecule has 20 heavy (non-hydrogen) atoms. The molecule has 0 aliphatic carbocycles. The van der Waals surface area contributed by atoms with Crippen molar-refractivity contribution < 1.29 is 23.0 Å². The maximum Gasteiger partial charge on any atom is 0.456 e. The van der Waals surface area contributed by atoms with Crippen LogP contribution >= 0.6 is 30.0 Å². The first-order valence-electron chi connectivity index (χ1n) is 6.92. The molecule has 0 heterocycles. The van der Waals surface area contributed by atoms with Crippen molar-refractivity contribution in [1.82, 2.24) is 5.23 Å². The van der Waals surface area contributed by atoms with Crippen LogP contribution in [0.3, 0.4) is 0 Å². The van der Waals surface area contributed by atoms with E-state index in [4.69, 9.17) is 18.4 Å². The molecule has 0 saturated heterocycles. The molecule has 0 bridgehead atoms. The summed E-state index contributed by atoms with van der Waals surface area (Å²) < 4.78 is 33.8. The molecule has 0 aliphatic heterocycles. The molecule has 0 spiro atoms. The molecule has 0 aromatic rings. The van der Waals surface area contributed by atoms with E-state index in [2.05, 4.69) is 27.6 Å². The third-order valence-electron chi connectivity index (χ3n) is 2.12. The van der Waals surface area contributed by atoms with Crippen LogP contribution in [-0.4, -0.2) is 43.7 Å². The van der Waals surface area contributed by atoms with Crippen LogP contribution in [0.5, 0.6) is 0 Å². The minimum absolute atomic E-state index is 0.101. The van der Waals surface area contributed by atoms with Gasteiger partial charge in [0, 0.05) is 6.61 Å². The van der Waals surface area contributed by atoms with Crippen molar-refractivity contribution in [2.45, 2.75) is 40.2 Å². The van der Waals surface area contributed by atoms with Gasteiger partial charge in [0.25, 0.3) is 0 Å². The van der Waals surface area contributed by atoms with E-state index in [-0.39, 0.29) is 23.9 Å². The Morgan fingerprint density at radius 1 is 1.25 bits per heavy atom. The largest absolute Gasteiger partial charge is 0.456 e. The van der Waals surface area contributed by atoms with Gasteiger partial charge in [0.05, 0.1) is 32.2 Å². The first-order chi connectivity index (χ1) is 9.43. The average Bonchev–Trinajstić information content (AvgIpc) is 2.36. The zero-order valence-corrected chi connectivity index (χ0v) is 15.8. The van der Waals surface area contributed by atoms with Crippen molar-refractivity contribution in [2.24, 2.45) is 0 Å². The van der Waals surface area contributed by atoms with Crippen LogP contribution < -0.4 is 5.23 Å². The Bertz CT molecular complexity index is 286. The van der Waals surface area contributed by atoms with Crippen LogP contribution in [0.1, 0.15) is 34.1 Å². The Kier molecular flexibility index (Phi) is 12.9. The molecule has 0 aromatic heterocycles. The highest BCUT2D eigenvalue weighted by Gasteiger charge is 2.24. The highest BCUT2D eigenvalue weighted by molar-refractivity contribution is 14.1. The summed E-state index contributed by atoms with van der Waals surface area (Å²) in [7, 11) is -3.10. The summed E-state index contributed by atoms with van der Waals surface area (Å²) in [5, 5.41) is 2.98. The van der Waals surface area contributed by atoms with Crippen molar-refractivity contribution in [1.29, 1.82) is 0 Å². The summed E-state index contributed by atoms with van der Waals surface area (Å²) in [6, 6.07) is 0. The second kappa shape index (κ2) is 12.4. The lowest BCUT2D eigenvalue weighted by atomic mass is 10.3. The van der Waals surface area contributed by atoms with Crippen molar-refractivity contribution in [2.75, 3.05) is 32.7 Å². The quantitative estimate of drug-likeness (QED) is 0.214. The zero-order chi connectivity index (χ0) is 15.4. The third-order valence-corrected chi connectivity index (χ3v) is 4.82. The minimum atomic E-state index is -3.10. The van der Waals surface area contributed by atoms with Crippen LogP contribution in [0.15, 0.2) is 0 Å². The summed E-state index contributed by atoms with van der Waals surface area (Å²) in [5.74, 6) is 0. The van der Waals surface area contributed by atoms with Crippen molar-refractivity contribution in [3.05, 3.63) is 0 Å². The first kappa shape index (κ1) is 20.8. The smallest absolute Gasteiger partial charge is 0.413 e. The first-order valence-corrected chi connectivity index (χ1v) is 9.89. The topological polar surface area (TPSA) is 66.0 Å². The van der Waals surface area contributed by atoms with E-state index in [0.29, 0.717) is 19.8 Å². The van der Waals surface area contributed by atoms with E-state index >= 15 is 0 Å².